The third-order valence-corrected chi connectivity index (χ3v) is 4.83. The lowest BCUT2D eigenvalue weighted by atomic mass is 9.87. The summed E-state index contributed by atoms with van der Waals surface area (Å²) in [6, 6.07) is 18.6. The highest BCUT2D eigenvalue weighted by Crippen LogP contribution is 2.52. The van der Waals surface area contributed by atoms with Crippen LogP contribution in [0.1, 0.15) is 22.8 Å². The molecule has 22 heavy (non-hydrogen) atoms. The van der Waals surface area contributed by atoms with E-state index < -0.39 is 12.2 Å². The molecule has 2 aliphatic carbocycles. The van der Waals surface area contributed by atoms with Gasteiger partial charge in [-0.3, -0.25) is 0 Å². The molecule has 0 amide bonds. The molecule has 106 valence electrons. The van der Waals surface area contributed by atoms with E-state index >= 15 is 0 Å². The Morgan fingerprint density at radius 3 is 2.50 bits per heavy atom. The average molecular weight is 286 g/mol. The SMILES string of the molecule is OC1C=C2c3ccc4ccccc4c3-c3cccc(c32)C1O. The molecule has 0 aromatic heterocycles. The van der Waals surface area contributed by atoms with Crippen LogP contribution in [0.5, 0.6) is 0 Å². The molecule has 2 unspecified atom stereocenters. The van der Waals surface area contributed by atoms with E-state index in [9.17, 15) is 10.2 Å². The molecule has 0 saturated heterocycles. The first-order chi connectivity index (χ1) is 10.8. The van der Waals surface area contributed by atoms with Gasteiger partial charge in [0.15, 0.2) is 0 Å². The molecule has 2 aliphatic rings. The quantitative estimate of drug-likeness (QED) is 0.518. The predicted octanol–water partition coefficient (Wildman–Crippen LogP) is 3.66. The summed E-state index contributed by atoms with van der Waals surface area (Å²) in [7, 11) is 0. The summed E-state index contributed by atoms with van der Waals surface area (Å²) < 4.78 is 0. The Balaban J connectivity index is 1.98. The van der Waals surface area contributed by atoms with Gasteiger partial charge in [0.2, 0.25) is 0 Å². The third kappa shape index (κ3) is 1.36. The van der Waals surface area contributed by atoms with Crippen molar-refractivity contribution in [3.8, 4) is 11.1 Å². The number of hydrogen-bond acceptors (Lipinski definition) is 2. The van der Waals surface area contributed by atoms with Crippen molar-refractivity contribution in [2.75, 3.05) is 0 Å². The fourth-order valence-electron chi connectivity index (χ4n) is 3.87. The van der Waals surface area contributed by atoms with E-state index in [2.05, 4.69) is 36.4 Å². The summed E-state index contributed by atoms with van der Waals surface area (Å²) in [6.45, 7) is 0. The van der Waals surface area contributed by atoms with Crippen LogP contribution in [-0.4, -0.2) is 16.3 Å². The van der Waals surface area contributed by atoms with Crippen LogP contribution in [0.25, 0.3) is 27.5 Å². The Kier molecular flexibility index (Phi) is 2.25. The average Bonchev–Trinajstić information content (AvgIpc) is 2.88. The summed E-state index contributed by atoms with van der Waals surface area (Å²) in [5.41, 5.74) is 6.45. The maximum absolute atomic E-state index is 10.3. The van der Waals surface area contributed by atoms with Crippen molar-refractivity contribution in [3.63, 3.8) is 0 Å². The van der Waals surface area contributed by atoms with Crippen LogP contribution in [0.15, 0.2) is 60.7 Å². The molecule has 2 atom stereocenters. The van der Waals surface area contributed by atoms with Gasteiger partial charge in [-0.2, -0.15) is 0 Å². The first-order valence-corrected chi connectivity index (χ1v) is 7.49. The second kappa shape index (κ2) is 4.07. The molecule has 0 spiro atoms. The lowest BCUT2D eigenvalue weighted by molar-refractivity contribution is 0.0467. The van der Waals surface area contributed by atoms with Gasteiger partial charge in [0.05, 0.1) is 0 Å². The van der Waals surface area contributed by atoms with Crippen molar-refractivity contribution < 1.29 is 10.2 Å². The van der Waals surface area contributed by atoms with Crippen LogP contribution in [0.3, 0.4) is 0 Å². The zero-order valence-electron chi connectivity index (χ0n) is 11.8. The highest BCUT2D eigenvalue weighted by molar-refractivity contribution is 6.12. The van der Waals surface area contributed by atoms with Crippen LogP contribution in [0, 0.1) is 0 Å². The number of fused-ring (bicyclic) bond motifs is 5. The van der Waals surface area contributed by atoms with Crippen molar-refractivity contribution in [2.24, 2.45) is 0 Å². The predicted molar refractivity (Wildman–Crippen MR) is 87.4 cm³/mol. The van der Waals surface area contributed by atoms with Gasteiger partial charge in [-0.25, -0.2) is 0 Å². The molecule has 0 aliphatic heterocycles. The van der Waals surface area contributed by atoms with Gasteiger partial charge in [-0.1, -0.05) is 54.6 Å². The summed E-state index contributed by atoms with van der Waals surface area (Å²) in [5.74, 6) is 0. The molecule has 3 aromatic rings. The van der Waals surface area contributed by atoms with Crippen molar-refractivity contribution in [1.29, 1.82) is 0 Å². The molecule has 0 fully saturated rings. The summed E-state index contributed by atoms with van der Waals surface area (Å²) in [6.07, 6.45) is 0.0892. The van der Waals surface area contributed by atoms with E-state index in [1.54, 1.807) is 6.08 Å². The minimum atomic E-state index is -0.852. The molecule has 0 heterocycles. The number of aliphatic hydroxyl groups is 2. The second-order valence-electron chi connectivity index (χ2n) is 5.99. The number of benzene rings is 3. The van der Waals surface area contributed by atoms with Crippen LogP contribution in [0.2, 0.25) is 0 Å². The standard InChI is InChI=1S/C20H14O2/c21-17-10-16-13-9-8-11-4-1-2-5-12(11)18(13)14-6-3-7-15(19(14)16)20(17)22/h1-10,17,20-22H. The molecule has 0 radical (unpaired) electrons. The molecular formula is C20H14O2. The number of hydrogen-bond donors (Lipinski definition) is 2. The molecule has 0 saturated carbocycles. The maximum atomic E-state index is 10.3. The van der Waals surface area contributed by atoms with Crippen LogP contribution in [-0.2, 0) is 0 Å². The van der Waals surface area contributed by atoms with E-state index in [4.69, 9.17) is 0 Å². The largest absolute Gasteiger partial charge is 0.386 e. The Bertz CT molecular complexity index is 969. The van der Waals surface area contributed by atoms with Crippen molar-refractivity contribution in [1.82, 2.24) is 0 Å². The van der Waals surface area contributed by atoms with E-state index in [1.165, 1.54) is 16.3 Å². The van der Waals surface area contributed by atoms with Gasteiger partial charge in [-0.05, 0) is 50.2 Å². The van der Waals surface area contributed by atoms with Gasteiger partial charge >= 0.3 is 0 Å². The first kappa shape index (κ1) is 12.2. The van der Waals surface area contributed by atoms with E-state index in [-0.39, 0.29) is 0 Å². The van der Waals surface area contributed by atoms with E-state index in [1.807, 2.05) is 18.2 Å². The number of rotatable bonds is 0. The molecule has 2 N–H and O–H groups in total. The monoisotopic (exact) mass is 286 g/mol. The lowest BCUT2D eigenvalue weighted by Crippen LogP contribution is -2.20. The third-order valence-electron chi connectivity index (χ3n) is 4.83. The smallest absolute Gasteiger partial charge is 0.109 e. The minimum Gasteiger partial charge on any atom is -0.386 e. The van der Waals surface area contributed by atoms with Crippen LogP contribution in [0.4, 0.5) is 0 Å². The lowest BCUT2D eigenvalue weighted by Gasteiger charge is -2.24. The van der Waals surface area contributed by atoms with Gasteiger partial charge in [0, 0.05) is 0 Å². The Morgan fingerprint density at radius 2 is 1.59 bits per heavy atom. The Morgan fingerprint density at radius 1 is 0.727 bits per heavy atom. The van der Waals surface area contributed by atoms with Crippen molar-refractivity contribution in [3.05, 3.63) is 77.4 Å². The second-order valence-corrected chi connectivity index (χ2v) is 5.99. The van der Waals surface area contributed by atoms with Gasteiger partial charge in [0.25, 0.3) is 0 Å². The molecule has 5 rings (SSSR count). The van der Waals surface area contributed by atoms with Crippen LogP contribution >= 0.6 is 0 Å². The highest BCUT2D eigenvalue weighted by atomic mass is 16.3. The maximum Gasteiger partial charge on any atom is 0.109 e. The normalized spacial score (nSPS) is 21.5. The Hall–Kier alpha value is -2.42. The van der Waals surface area contributed by atoms with Crippen molar-refractivity contribution >= 4 is 16.3 Å². The first-order valence-electron chi connectivity index (χ1n) is 7.49. The van der Waals surface area contributed by atoms with Gasteiger partial charge in [0.1, 0.15) is 12.2 Å². The van der Waals surface area contributed by atoms with Crippen molar-refractivity contribution in [2.45, 2.75) is 12.2 Å². The molecule has 2 nitrogen and oxygen atoms in total. The molecule has 3 aromatic carbocycles. The van der Waals surface area contributed by atoms with Gasteiger partial charge in [-0.15, -0.1) is 0 Å². The highest BCUT2D eigenvalue weighted by Gasteiger charge is 2.34. The zero-order chi connectivity index (χ0) is 14.8. The van der Waals surface area contributed by atoms with Crippen LogP contribution < -0.4 is 0 Å². The molecule has 2 heteroatoms. The topological polar surface area (TPSA) is 40.5 Å². The Labute approximate surface area is 128 Å². The van der Waals surface area contributed by atoms with E-state index in [0.717, 1.165) is 27.8 Å². The minimum absolute atomic E-state index is 0.822. The fourth-order valence-corrected chi connectivity index (χ4v) is 3.87. The zero-order valence-corrected chi connectivity index (χ0v) is 11.8. The fraction of sp³-hybridized carbons (Fsp3) is 0.100. The number of aliphatic hydroxyl groups excluding tert-OH is 2. The summed E-state index contributed by atoms with van der Waals surface area (Å²) in [5, 5.41) is 22.9. The summed E-state index contributed by atoms with van der Waals surface area (Å²) >= 11 is 0. The van der Waals surface area contributed by atoms with Gasteiger partial charge < -0.3 is 10.2 Å². The molecule has 0 bridgehead atoms. The molecular weight excluding hydrogens is 272 g/mol. The summed E-state index contributed by atoms with van der Waals surface area (Å²) in [4.78, 5) is 0. The van der Waals surface area contributed by atoms with E-state index in [0.29, 0.717) is 0 Å².